The third-order valence-electron chi connectivity index (χ3n) is 3.53. The molecule has 0 radical (unpaired) electrons. The van der Waals surface area contributed by atoms with Crippen LogP contribution in [0.15, 0.2) is 22.5 Å². The number of nitrogens with one attached hydrogen (secondary N) is 2. The molecule has 4 N–H and O–H groups in total. The second kappa shape index (κ2) is 8.82. The van der Waals surface area contributed by atoms with E-state index in [1.807, 2.05) is 0 Å². The van der Waals surface area contributed by atoms with Crippen molar-refractivity contribution in [3.8, 4) is 0 Å². The smallest absolute Gasteiger partial charge is 0.318 e. The van der Waals surface area contributed by atoms with Gasteiger partial charge in [0.1, 0.15) is 0 Å². The van der Waals surface area contributed by atoms with E-state index in [-0.39, 0.29) is 0 Å². The number of rotatable bonds is 7. The summed E-state index contributed by atoms with van der Waals surface area (Å²) in [7, 11) is 0. The molecule has 0 spiro atoms. The number of benzene rings is 1. The summed E-state index contributed by atoms with van der Waals surface area (Å²) >= 11 is 2.59. The molecular weight excluding hydrogens is 358 g/mol. The molecule has 2 rings (SSSR count). The van der Waals surface area contributed by atoms with Crippen molar-refractivity contribution in [2.45, 2.75) is 43.2 Å². The predicted molar refractivity (Wildman–Crippen MR) is 101 cm³/mol. The number of para-hydroxylation sites is 1. The van der Waals surface area contributed by atoms with Gasteiger partial charge in [-0.25, -0.2) is 4.79 Å². The van der Waals surface area contributed by atoms with Gasteiger partial charge in [0, 0.05) is 5.69 Å². The highest BCUT2D eigenvalue weighted by Gasteiger charge is 2.18. The van der Waals surface area contributed by atoms with Gasteiger partial charge < -0.3 is 11.1 Å². The van der Waals surface area contributed by atoms with Crippen LogP contribution in [0.1, 0.15) is 31.9 Å². The second-order valence-corrected chi connectivity index (χ2v) is 7.84. The molecule has 9 heteroatoms. The first-order valence-electron chi connectivity index (χ1n) is 7.92. The van der Waals surface area contributed by atoms with E-state index in [1.54, 1.807) is 6.92 Å². The fourth-order valence-electron chi connectivity index (χ4n) is 2.25. The minimum Gasteiger partial charge on any atom is -0.351 e. The number of amides is 3. The number of aromatic nitrogens is 2. The molecule has 1 unspecified atom stereocenters. The van der Waals surface area contributed by atoms with Crippen molar-refractivity contribution in [1.29, 1.82) is 0 Å². The molecule has 7 nitrogen and oxygen atoms in total. The Bertz CT molecular complexity index is 740. The monoisotopic (exact) mass is 379 g/mol. The lowest BCUT2D eigenvalue weighted by atomic mass is 10.0. The molecule has 0 saturated heterocycles. The van der Waals surface area contributed by atoms with Gasteiger partial charge in [-0.3, -0.25) is 10.1 Å². The summed E-state index contributed by atoms with van der Waals surface area (Å²) in [5, 5.41) is 13.8. The average molecular weight is 380 g/mol. The summed E-state index contributed by atoms with van der Waals surface area (Å²) in [5.41, 5.74) is 8.46. The molecule has 0 aliphatic heterocycles. The zero-order valence-electron chi connectivity index (χ0n) is 14.3. The molecule has 0 aliphatic carbocycles. The van der Waals surface area contributed by atoms with Crippen LogP contribution in [0.25, 0.3) is 0 Å². The highest BCUT2D eigenvalue weighted by molar-refractivity contribution is 8.02. The largest absolute Gasteiger partial charge is 0.351 e. The van der Waals surface area contributed by atoms with Crippen molar-refractivity contribution in [1.82, 2.24) is 15.5 Å². The zero-order chi connectivity index (χ0) is 18.4. The van der Waals surface area contributed by atoms with Crippen LogP contribution in [-0.2, 0) is 17.6 Å². The zero-order valence-corrected chi connectivity index (χ0v) is 16.0. The maximum atomic E-state index is 11.7. The summed E-state index contributed by atoms with van der Waals surface area (Å²) in [6.45, 7) is 5.90. The number of hydrogen-bond donors (Lipinski definition) is 3. The molecule has 2 aromatic rings. The molecule has 0 saturated carbocycles. The van der Waals surface area contributed by atoms with Crippen LogP contribution >= 0.6 is 23.1 Å². The van der Waals surface area contributed by atoms with Crippen LogP contribution in [-0.4, -0.2) is 27.4 Å². The summed E-state index contributed by atoms with van der Waals surface area (Å²) in [6.07, 6.45) is 1.84. The normalized spacial score (nSPS) is 11.8. The number of imide groups is 1. The number of urea groups is 1. The van der Waals surface area contributed by atoms with Crippen molar-refractivity contribution in [2.24, 2.45) is 5.73 Å². The van der Waals surface area contributed by atoms with Crippen molar-refractivity contribution < 1.29 is 9.59 Å². The van der Waals surface area contributed by atoms with Crippen LogP contribution in [0, 0.1) is 0 Å². The van der Waals surface area contributed by atoms with Crippen molar-refractivity contribution in [3.05, 3.63) is 29.3 Å². The number of thioether (sulfide) groups is 1. The van der Waals surface area contributed by atoms with Crippen LogP contribution in [0.3, 0.4) is 0 Å². The van der Waals surface area contributed by atoms with Crippen molar-refractivity contribution in [2.75, 3.05) is 5.32 Å². The van der Waals surface area contributed by atoms with E-state index in [0.29, 0.717) is 9.47 Å². The number of carbonyl (C=O) groups is 2. The van der Waals surface area contributed by atoms with Crippen LogP contribution < -0.4 is 16.4 Å². The van der Waals surface area contributed by atoms with Gasteiger partial charge in [-0.15, -0.1) is 10.2 Å². The molecule has 0 aliphatic rings. The van der Waals surface area contributed by atoms with Crippen LogP contribution in [0.4, 0.5) is 15.6 Å². The molecule has 1 aromatic heterocycles. The van der Waals surface area contributed by atoms with Crippen molar-refractivity contribution >= 4 is 45.9 Å². The molecule has 1 aromatic carbocycles. The Morgan fingerprint density at radius 1 is 1.24 bits per heavy atom. The fraction of sp³-hybridized carbons (Fsp3) is 0.375. The molecule has 1 heterocycles. The predicted octanol–water partition coefficient (Wildman–Crippen LogP) is 3.08. The number of nitrogens with zero attached hydrogens (tertiary/aromatic N) is 2. The highest BCUT2D eigenvalue weighted by Crippen LogP contribution is 2.32. The molecule has 3 amide bonds. The van der Waals surface area contributed by atoms with Gasteiger partial charge in [-0.05, 0) is 30.9 Å². The third kappa shape index (κ3) is 5.17. The lowest BCUT2D eigenvalue weighted by Gasteiger charge is -2.13. The van der Waals surface area contributed by atoms with E-state index < -0.39 is 17.2 Å². The van der Waals surface area contributed by atoms with Crippen molar-refractivity contribution in [3.63, 3.8) is 0 Å². The number of hydrogen-bond acceptors (Lipinski definition) is 7. The lowest BCUT2D eigenvalue weighted by molar-refractivity contribution is -0.119. The standard InChI is InChI=1S/C16H21N5O2S2/c1-4-10-7-6-8-11(5-2)12(10)18-15-20-21-16(25-15)24-9(3)13(22)19-14(17)23/h6-9H,4-5H2,1-3H3,(H,18,20)(H3,17,19,22,23). The Labute approximate surface area is 154 Å². The quantitative estimate of drug-likeness (QED) is 0.638. The number of anilines is 2. The van der Waals surface area contributed by atoms with E-state index in [9.17, 15) is 9.59 Å². The Hall–Kier alpha value is -2.13. The Kier molecular flexibility index (Phi) is 6.77. The first-order chi connectivity index (χ1) is 11.9. The van der Waals surface area contributed by atoms with Gasteiger partial charge in [0.15, 0.2) is 4.34 Å². The van der Waals surface area contributed by atoms with Gasteiger partial charge in [-0.1, -0.05) is 55.1 Å². The van der Waals surface area contributed by atoms with E-state index >= 15 is 0 Å². The minimum absolute atomic E-state index is 0.452. The third-order valence-corrected chi connectivity index (χ3v) is 5.55. The number of primary amides is 1. The maximum Gasteiger partial charge on any atom is 0.318 e. The first kappa shape index (κ1) is 19.2. The number of nitrogens with two attached hydrogens (primary N) is 1. The summed E-state index contributed by atoms with van der Waals surface area (Å²) in [4.78, 5) is 22.5. The molecule has 0 fully saturated rings. The topological polar surface area (TPSA) is 110 Å². The average Bonchev–Trinajstić information content (AvgIpc) is 3.01. The summed E-state index contributed by atoms with van der Waals surface area (Å²) < 4.78 is 0.640. The summed E-state index contributed by atoms with van der Waals surface area (Å²) in [5.74, 6) is -0.452. The Balaban J connectivity index is 2.10. The molecule has 25 heavy (non-hydrogen) atoms. The molecule has 1 atom stereocenters. The van der Waals surface area contributed by atoms with Crippen LogP contribution in [0.5, 0.6) is 0 Å². The van der Waals surface area contributed by atoms with Gasteiger partial charge in [0.05, 0.1) is 5.25 Å². The van der Waals surface area contributed by atoms with E-state index in [4.69, 9.17) is 5.73 Å². The molecule has 134 valence electrons. The van der Waals surface area contributed by atoms with E-state index in [0.717, 1.165) is 18.5 Å². The van der Waals surface area contributed by atoms with Crippen LogP contribution in [0.2, 0.25) is 0 Å². The maximum absolute atomic E-state index is 11.7. The van der Waals surface area contributed by atoms with Gasteiger partial charge in [0.25, 0.3) is 0 Å². The van der Waals surface area contributed by atoms with Gasteiger partial charge in [-0.2, -0.15) is 0 Å². The molecule has 0 bridgehead atoms. The fourth-order valence-corrected chi connectivity index (χ4v) is 4.15. The number of carbonyl (C=O) groups excluding carboxylic acids is 2. The Morgan fingerprint density at radius 3 is 2.44 bits per heavy atom. The summed E-state index contributed by atoms with van der Waals surface area (Å²) in [6, 6.07) is 5.38. The second-order valence-electron chi connectivity index (χ2n) is 5.27. The SMILES string of the molecule is CCc1cccc(CC)c1Nc1nnc(SC(C)C(=O)NC(N)=O)s1. The highest BCUT2D eigenvalue weighted by atomic mass is 32.2. The number of aryl methyl sites for hydroxylation is 2. The lowest BCUT2D eigenvalue weighted by Crippen LogP contribution is -2.39. The van der Waals surface area contributed by atoms with Gasteiger partial charge >= 0.3 is 6.03 Å². The molecular formula is C16H21N5O2S2. The Morgan fingerprint density at radius 2 is 1.88 bits per heavy atom. The van der Waals surface area contributed by atoms with E-state index in [2.05, 4.69) is 52.9 Å². The minimum atomic E-state index is -0.861. The van der Waals surface area contributed by atoms with E-state index in [1.165, 1.54) is 34.2 Å². The first-order valence-corrected chi connectivity index (χ1v) is 9.62. The van der Waals surface area contributed by atoms with Gasteiger partial charge in [0.2, 0.25) is 11.0 Å².